The number of carbonyl (C=O) groups is 2. The number of aromatic nitrogens is 2. The topological polar surface area (TPSA) is 85.7 Å². The second-order valence-corrected chi connectivity index (χ2v) is 10.0. The van der Waals surface area contributed by atoms with E-state index in [0.717, 1.165) is 68.2 Å². The summed E-state index contributed by atoms with van der Waals surface area (Å²) in [6.45, 7) is 5.76. The summed E-state index contributed by atoms with van der Waals surface area (Å²) in [5.41, 5.74) is 2.08. The zero-order valence-electron chi connectivity index (χ0n) is 18.6. The Morgan fingerprint density at radius 3 is 2.97 bits per heavy atom. The number of nitrogens with one attached hydrogen (secondary N) is 1. The lowest BCUT2D eigenvalue weighted by Crippen LogP contribution is -2.68. The van der Waals surface area contributed by atoms with Gasteiger partial charge in [-0.2, -0.15) is 0 Å². The van der Waals surface area contributed by atoms with Crippen LogP contribution in [0.4, 0.5) is 0 Å². The Morgan fingerprint density at radius 2 is 2.12 bits per heavy atom. The number of likely N-dealkylation sites (tertiary alicyclic amines) is 1. The van der Waals surface area contributed by atoms with E-state index < -0.39 is 0 Å². The minimum atomic E-state index is -0.352. The van der Waals surface area contributed by atoms with Gasteiger partial charge in [-0.3, -0.25) is 14.5 Å². The highest BCUT2D eigenvalue weighted by atomic mass is 16.3. The Balaban J connectivity index is 1.27. The molecule has 8 nitrogen and oxygen atoms in total. The van der Waals surface area contributed by atoms with Crippen molar-refractivity contribution >= 4 is 11.8 Å². The van der Waals surface area contributed by atoms with Crippen LogP contribution in [0.15, 0.2) is 22.9 Å². The Labute approximate surface area is 187 Å². The third-order valence-corrected chi connectivity index (χ3v) is 7.93. The number of hydrogen-bond acceptors (Lipinski definition) is 5. The molecule has 3 saturated heterocycles. The van der Waals surface area contributed by atoms with Gasteiger partial charge in [-0.15, -0.1) is 0 Å². The fourth-order valence-electron chi connectivity index (χ4n) is 6.58. The van der Waals surface area contributed by atoms with Gasteiger partial charge in [-0.1, -0.05) is 0 Å². The van der Waals surface area contributed by atoms with E-state index in [2.05, 4.69) is 20.9 Å². The second kappa shape index (κ2) is 7.76. The number of aromatic amines is 1. The first kappa shape index (κ1) is 20.0. The van der Waals surface area contributed by atoms with Crippen LogP contribution in [0.5, 0.6) is 0 Å². The van der Waals surface area contributed by atoms with Crippen LogP contribution in [0, 0.1) is 18.8 Å². The lowest BCUT2D eigenvalue weighted by molar-refractivity contribution is -0.166. The van der Waals surface area contributed by atoms with Gasteiger partial charge in [0.1, 0.15) is 17.6 Å². The summed E-state index contributed by atoms with van der Waals surface area (Å²) in [6, 6.07) is 3.88. The molecule has 4 atom stereocenters. The molecule has 4 aliphatic heterocycles. The number of imidazole rings is 1. The lowest BCUT2D eigenvalue weighted by Gasteiger charge is -2.56. The van der Waals surface area contributed by atoms with Gasteiger partial charge in [-0.05, 0) is 44.2 Å². The number of hydrogen-bond donors (Lipinski definition) is 1. The van der Waals surface area contributed by atoms with E-state index in [9.17, 15) is 9.59 Å². The minimum Gasteiger partial charge on any atom is -0.465 e. The summed E-state index contributed by atoms with van der Waals surface area (Å²) in [7, 11) is 0. The van der Waals surface area contributed by atoms with Crippen molar-refractivity contribution in [3.05, 3.63) is 41.4 Å². The summed E-state index contributed by atoms with van der Waals surface area (Å²) in [5, 5.41) is 0. The van der Waals surface area contributed by atoms with E-state index in [4.69, 9.17) is 4.42 Å². The molecule has 0 aromatic carbocycles. The van der Waals surface area contributed by atoms with E-state index in [0.29, 0.717) is 25.4 Å². The van der Waals surface area contributed by atoms with Gasteiger partial charge in [0.15, 0.2) is 0 Å². The molecule has 6 rings (SSSR count). The first-order valence-corrected chi connectivity index (χ1v) is 12.0. The monoisotopic (exact) mass is 437 g/mol. The van der Waals surface area contributed by atoms with E-state index >= 15 is 0 Å². The molecule has 3 fully saturated rings. The highest BCUT2D eigenvalue weighted by Crippen LogP contribution is 2.42. The average molecular weight is 438 g/mol. The molecule has 0 spiro atoms. The van der Waals surface area contributed by atoms with Gasteiger partial charge in [0.05, 0.1) is 30.8 Å². The number of furan rings is 1. The minimum absolute atomic E-state index is 0.115. The molecule has 4 aliphatic rings. The van der Waals surface area contributed by atoms with Gasteiger partial charge in [0.2, 0.25) is 11.8 Å². The van der Waals surface area contributed by atoms with Crippen LogP contribution in [0.1, 0.15) is 48.6 Å². The zero-order chi connectivity index (χ0) is 21.8. The van der Waals surface area contributed by atoms with Gasteiger partial charge in [0, 0.05) is 44.4 Å². The molecule has 6 heterocycles. The number of rotatable bonds is 3. The van der Waals surface area contributed by atoms with Crippen LogP contribution < -0.4 is 0 Å². The molecule has 170 valence electrons. The molecule has 0 saturated carbocycles. The highest BCUT2D eigenvalue weighted by molar-refractivity contribution is 5.89. The Morgan fingerprint density at radius 1 is 1.25 bits per heavy atom. The summed E-state index contributed by atoms with van der Waals surface area (Å²) in [5.74, 6) is 2.79. The maximum absolute atomic E-state index is 13.9. The molecule has 2 aromatic rings. The predicted octanol–water partition coefficient (Wildman–Crippen LogP) is 2.10. The van der Waals surface area contributed by atoms with Crippen molar-refractivity contribution in [1.29, 1.82) is 0 Å². The van der Waals surface area contributed by atoms with Crippen LogP contribution in [0.3, 0.4) is 0 Å². The molecule has 8 heteroatoms. The van der Waals surface area contributed by atoms with Crippen molar-refractivity contribution in [3.8, 4) is 0 Å². The summed E-state index contributed by atoms with van der Waals surface area (Å²) < 4.78 is 5.84. The second-order valence-electron chi connectivity index (χ2n) is 10.0. The molecule has 32 heavy (non-hydrogen) atoms. The Hall–Kier alpha value is -2.61. The molecule has 2 bridgehead atoms. The fourth-order valence-corrected chi connectivity index (χ4v) is 6.58. The van der Waals surface area contributed by atoms with Crippen molar-refractivity contribution in [2.45, 2.75) is 64.2 Å². The van der Waals surface area contributed by atoms with Crippen molar-refractivity contribution in [3.63, 3.8) is 0 Å². The van der Waals surface area contributed by atoms with Gasteiger partial charge >= 0.3 is 0 Å². The smallest absolute Gasteiger partial charge is 0.246 e. The number of amides is 2. The lowest BCUT2D eigenvalue weighted by atomic mass is 9.71. The summed E-state index contributed by atoms with van der Waals surface area (Å²) in [4.78, 5) is 41.0. The largest absolute Gasteiger partial charge is 0.465 e. The fraction of sp³-hybridized carbons (Fsp3) is 0.625. The molecule has 0 unspecified atom stereocenters. The standard InChI is InChI=1S/C24H31N5O3/c1-15-5-6-18(32-15)12-27-10-16-9-17(11-27)23(29-21(16)3-2-4-22(29)30)24(31)28-8-7-19-20(13-28)26-14-25-19/h5-6,14,16-17,21,23H,2-4,7-13H2,1H3,(H,25,26)/t16-,17+,21+,23-/m1/s1. The van der Waals surface area contributed by atoms with Crippen LogP contribution >= 0.6 is 0 Å². The van der Waals surface area contributed by atoms with Crippen molar-refractivity contribution in [2.75, 3.05) is 19.6 Å². The van der Waals surface area contributed by atoms with Crippen molar-refractivity contribution in [2.24, 2.45) is 11.8 Å². The average Bonchev–Trinajstić information content (AvgIpc) is 3.42. The Bertz CT molecular complexity index is 1030. The molecular weight excluding hydrogens is 406 g/mol. The summed E-state index contributed by atoms with van der Waals surface area (Å²) >= 11 is 0. The number of fused-ring (bicyclic) bond motifs is 5. The number of nitrogens with zero attached hydrogens (tertiary/aromatic N) is 4. The van der Waals surface area contributed by atoms with Gasteiger partial charge in [0.25, 0.3) is 0 Å². The van der Waals surface area contributed by atoms with Crippen LogP contribution in [-0.2, 0) is 29.1 Å². The van der Waals surface area contributed by atoms with E-state index in [1.807, 2.05) is 22.8 Å². The van der Waals surface area contributed by atoms with Crippen LogP contribution in [0.25, 0.3) is 0 Å². The molecule has 0 radical (unpaired) electrons. The third-order valence-electron chi connectivity index (χ3n) is 7.93. The van der Waals surface area contributed by atoms with Gasteiger partial charge < -0.3 is 19.2 Å². The maximum Gasteiger partial charge on any atom is 0.246 e. The number of piperidine rings is 3. The molecule has 1 N–H and O–H groups in total. The SMILES string of the molecule is Cc1ccc(CN2C[C@H]3C[C@@H](C2)[C@H](C(=O)N2CCc4nc[nH]c4C2)N2C(=O)CCC[C@@H]32)o1. The third kappa shape index (κ3) is 3.36. The first-order valence-electron chi connectivity index (χ1n) is 12.0. The van der Waals surface area contributed by atoms with E-state index in [1.165, 1.54) is 0 Å². The maximum atomic E-state index is 13.9. The van der Waals surface area contributed by atoms with Crippen LogP contribution in [0.2, 0.25) is 0 Å². The molecular formula is C24H31N5O3. The molecule has 2 aromatic heterocycles. The zero-order valence-corrected chi connectivity index (χ0v) is 18.6. The summed E-state index contributed by atoms with van der Waals surface area (Å²) in [6.07, 6.45) is 6.02. The van der Waals surface area contributed by atoms with Crippen LogP contribution in [-0.4, -0.2) is 68.2 Å². The first-order chi connectivity index (χ1) is 15.6. The normalized spacial score (nSPS) is 30.2. The number of carbonyl (C=O) groups excluding carboxylic acids is 2. The number of aryl methyl sites for hydroxylation is 1. The predicted molar refractivity (Wildman–Crippen MR) is 116 cm³/mol. The molecule has 2 amide bonds. The Kier molecular flexibility index (Phi) is 4.86. The highest BCUT2D eigenvalue weighted by Gasteiger charge is 2.52. The van der Waals surface area contributed by atoms with E-state index in [1.54, 1.807) is 6.33 Å². The van der Waals surface area contributed by atoms with Gasteiger partial charge in [-0.25, -0.2) is 4.98 Å². The van der Waals surface area contributed by atoms with Crippen molar-refractivity contribution in [1.82, 2.24) is 24.7 Å². The molecule has 0 aliphatic carbocycles. The van der Waals surface area contributed by atoms with E-state index in [-0.39, 0.29) is 29.8 Å². The quantitative estimate of drug-likeness (QED) is 0.795. The van der Waals surface area contributed by atoms with Crippen molar-refractivity contribution < 1.29 is 14.0 Å². The number of H-pyrrole nitrogens is 1.